The number of amides is 3. The number of likely N-dealkylation sites (tertiary alicyclic amines) is 1. The Labute approximate surface area is 166 Å². The largest absolute Gasteiger partial charge is 0.480 e. The second kappa shape index (κ2) is 10.4. The minimum Gasteiger partial charge on any atom is -0.480 e. The molecule has 1 aliphatic rings. The summed E-state index contributed by atoms with van der Waals surface area (Å²) in [5.74, 6) is -2.29. The van der Waals surface area contributed by atoms with Gasteiger partial charge in [-0.05, 0) is 38.0 Å². The van der Waals surface area contributed by atoms with Crippen LogP contribution in [0.15, 0.2) is 0 Å². The lowest BCUT2D eigenvalue weighted by molar-refractivity contribution is -0.144. The maximum Gasteiger partial charge on any atom is 0.325 e. The summed E-state index contributed by atoms with van der Waals surface area (Å²) in [4.78, 5) is 50.4. The van der Waals surface area contributed by atoms with Crippen LogP contribution in [0.1, 0.15) is 53.9 Å². The molecule has 0 bridgehead atoms. The molecule has 5 N–H and O–H groups in total. The molecule has 0 radical (unpaired) electrons. The van der Waals surface area contributed by atoms with Gasteiger partial charge in [-0.25, -0.2) is 0 Å². The predicted octanol–water partition coefficient (Wildman–Crippen LogP) is 0.0809. The van der Waals surface area contributed by atoms with E-state index < -0.39 is 42.0 Å². The van der Waals surface area contributed by atoms with Crippen molar-refractivity contribution in [2.45, 2.75) is 78.0 Å². The summed E-state index contributed by atoms with van der Waals surface area (Å²) in [6.45, 7) is 9.30. The molecule has 0 aromatic rings. The molecular formula is C19H34N4O5. The monoisotopic (exact) mass is 398 g/mol. The zero-order chi connectivity index (χ0) is 21.6. The minimum atomic E-state index is -1.14. The third-order valence-electron chi connectivity index (χ3n) is 4.91. The number of nitrogens with one attached hydrogen (secondary N) is 2. The van der Waals surface area contributed by atoms with E-state index in [-0.39, 0.29) is 17.7 Å². The molecule has 0 spiro atoms. The number of aliphatic carboxylic acids is 1. The highest BCUT2D eigenvalue weighted by Gasteiger charge is 2.38. The number of nitrogens with zero attached hydrogens (tertiary/aromatic N) is 1. The van der Waals surface area contributed by atoms with Crippen LogP contribution in [0.3, 0.4) is 0 Å². The number of hydrogen-bond donors (Lipinski definition) is 4. The van der Waals surface area contributed by atoms with Crippen molar-refractivity contribution in [2.24, 2.45) is 17.6 Å². The molecule has 0 aromatic carbocycles. The van der Waals surface area contributed by atoms with Crippen molar-refractivity contribution in [1.29, 1.82) is 0 Å². The van der Waals surface area contributed by atoms with Crippen LogP contribution >= 0.6 is 0 Å². The molecule has 3 amide bonds. The Morgan fingerprint density at radius 3 is 2.21 bits per heavy atom. The number of carbonyl (C=O) groups excluding carboxylic acids is 3. The fraction of sp³-hybridized carbons (Fsp3) is 0.789. The molecule has 4 unspecified atom stereocenters. The Morgan fingerprint density at radius 1 is 1.11 bits per heavy atom. The van der Waals surface area contributed by atoms with Crippen LogP contribution < -0.4 is 16.4 Å². The minimum absolute atomic E-state index is 0.0716. The average Bonchev–Trinajstić information content (AvgIpc) is 3.08. The van der Waals surface area contributed by atoms with Gasteiger partial charge in [0.2, 0.25) is 17.7 Å². The van der Waals surface area contributed by atoms with E-state index in [2.05, 4.69) is 10.6 Å². The van der Waals surface area contributed by atoms with Crippen LogP contribution in [0, 0.1) is 11.8 Å². The van der Waals surface area contributed by atoms with Crippen LogP contribution in [0.4, 0.5) is 0 Å². The molecule has 9 nitrogen and oxygen atoms in total. The summed E-state index contributed by atoms with van der Waals surface area (Å²) in [7, 11) is 0. The van der Waals surface area contributed by atoms with Gasteiger partial charge in [-0.3, -0.25) is 19.2 Å². The molecule has 9 heteroatoms. The van der Waals surface area contributed by atoms with Crippen molar-refractivity contribution >= 4 is 23.7 Å². The fourth-order valence-corrected chi connectivity index (χ4v) is 3.14. The number of carbonyl (C=O) groups is 4. The lowest BCUT2D eigenvalue weighted by Crippen LogP contribution is -2.57. The van der Waals surface area contributed by atoms with Gasteiger partial charge in [0.1, 0.15) is 18.1 Å². The summed E-state index contributed by atoms with van der Waals surface area (Å²) >= 11 is 0. The second-order valence-electron chi connectivity index (χ2n) is 8.22. The SMILES string of the molecule is CC(C)CC(NC(=O)C(N)C(C)C)C(=O)N1CCCC1C(=O)NC(C)C(=O)O. The van der Waals surface area contributed by atoms with E-state index >= 15 is 0 Å². The number of carboxylic acids is 1. The van der Waals surface area contributed by atoms with Crippen LogP contribution in [-0.4, -0.2) is 64.4 Å². The van der Waals surface area contributed by atoms with Crippen molar-refractivity contribution in [3.05, 3.63) is 0 Å². The van der Waals surface area contributed by atoms with E-state index in [4.69, 9.17) is 10.8 Å². The number of nitrogens with two attached hydrogens (primary N) is 1. The molecule has 1 aliphatic heterocycles. The van der Waals surface area contributed by atoms with Gasteiger partial charge in [-0.15, -0.1) is 0 Å². The summed E-state index contributed by atoms with van der Waals surface area (Å²) in [6, 6.07) is -3.28. The van der Waals surface area contributed by atoms with Gasteiger partial charge in [0.15, 0.2) is 0 Å². The standard InChI is InChI=1S/C19H34N4O5/c1-10(2)9-13(22-17(25)15(20)11(3)4)18(26)23-8-6-7-14(23)16(24)21-12(5)19(27)28/h10-15H,6-9,20H2,1-5H3,(H,21,24)(H,22,25)(H,27,28). The number of rotatable bonds is 9. The number of hydrogen-bond acceptors (Lipinski definition) is 5. The highest BCUT2D eigenvalue weighted by atomic mass is 16.4. The molecule has 28 heavy (non-hydrogen) atoms. The van der Waals surface area contributed by atoms with Gasteiger partial charge in [0.25, 0.3) is 0 Å². The highest BCUT2D eigenvalue weighted by molar-refractivity contribution is 5.94. The van der Waals surface area contributed by atoms with Crippen LogP contribution in [0.2, 0.25) is 0 Å². The van der Waals surface area contributed by atoms with Crippen molar-refractivity contribution in [1.82, 2.24) is 15.5 Å². The quantitative estimate of drug-likeness (QED) is 0.433. The lowest BCUT2D eigenvalue weighted by Gasteiger charge is -2.30. The maximum absolute atomic E-state index is 13.1. The first-order chi connectivity index (χ1) is 13.0. The van der Waals surface area contributed by atoms with E-state index in [1.165, 1.54) is 11.8 Å². The lowest BCUT2D eigenvalue weighted by atomic mass is 10.00. The third kappa shape index (κ3) is 6.47. The van der Waals surface area contributed by atoms with Crippen molar-refractivity contribution < 1.29 is 24.3 Å². The van der Waals surface area contributed by atoms with E-state index in [1.54, 1.807) is 0 Å². The van der Waals surface area contributed by atoms with Crippen molar-refractivity contribution in [3.63, 3.8) is 0 Å². The Kier molecular flexibility index (Phi) is 8.87. The van der Waals surface area contributed by atoms with Gasteiger partial charge in [0, 0.05) is 6.54 Å². The van der Waals surface area contributed by atoms with Crippen molar-refractivity contribution in [3.8, 4) is 0 Å². The smallest absolute Gasteiger partial charge is 0.325 e. The maximum atomic E-state index is 13.1. The Bertz CT molecular complexity index is 593. The third-order valence-corrected chi connectivity index (χ3v) is 4.91. The first kappa shape index (κ1) is 23.9. The molecule has 1 saturated heterocycles. The van der Waals surface area contributed by atoms with Gasteiger partial charge < -0.3 is 26.4 Å². The average molecular weight is 399 g/mol. The van der Waals surface area contributed by atoms with Crippen molar-refractivity contribution in [2.75, 3.05) is 6.54 Å². The molecule has 1 rings (SSSR count). The van der Waals surface area contributed by atoms with E-state index in [0.29, 0.717) is 25.8 Å². The molecule has 1 fully saturated rings. The first-order valence-electron chi connectivity index (χ1n) is 9.85. The van der Waals surface area contributed by atoms with Crippen LogP contribution in [0.5, 0.6) is 0 Å². The molecule has 0 aromatic heterocycles. The summed E-state index contributed by atoms with van der Waals surface area (Å²) in [6.07, 6.45) is 1.52. The van der Waals surface area contributed by atoms with E-state index in [1.807, 2.05) is 27.7 Å². The topological polar surface area (TPSA) is 142 Å². The first-order valence-corrected chi connectivity index (χ1v) is 9.85. The summed E-state index contributed by atoms with van der Waals surface area (Å²) in [5, 5.41) is 14.1. The Balaban J connectivity index is 2.92. The molecule has 0 aliphatic carbocycles. The summed E-state index contributed by atoms with van der Waals surface area (Å²) in [5.41, 5.74) is 5.89. The fourth-order valence-electron chi connectivity index (χ4n) is 3.14. The van der Waals surface area contributed by atoms with Crippen LogP contribution in [-0.2, 0) is 19.2 Å². The molecule has 4 atom stereocenters. The molecule has 160 valence electrons. The second-order valence-corrected chi connectivity index (χ2v) is 8.22. The summed E-state index contributed by atoms with van der Waals surface area (Å²) < 4.78 is 0. The van der Waals surface area contributed by atoms with Gasteiger partial charge in [-0.1, -0.05) is 27.7 Å². The molecule has 0 saturated carbocycles. The van der Waals surface area contributed by atoms with Gasteiger partial charge in [0.05, 0.1) is 6.04 Å². The van der Waals surface area contributed by atoms with Gasteiger partial charge >= 0.3 is 5.97 Å². The Hall–Kier alpha value is -2.16. The van der Waals surface area contributed by atoms with Crippen LogP contribution in [0.25, 0.3) is 0 Å². The highest BCUT2D eigenvalue weighted by Crippen LogP contribution is 2.21. The zero-order valence-electron chi connectivity index (χ0n) is 17.4. The zero-order valence-corrected chi connectivity index (χ0v) is 17.4. The van der Waals surface area contributed by atoms with E-state index in [0.717, 1.165) is 0 Å². The predicted molar refractivity (Wildman–Crippen MR) is 104 cm³/mol. The van der Waals surface area contributed by atoms with E-state index in [9.17, 15) is 19.2 Å². The normalized spacial score (nSPS) is 20.0. The van der Waals surface area contributed by atoms with Gasteiger partial charge in [-0.2, -0.15) is 0 Å². The molecule has 1 heterocycles. The number of carboxylic acid groups (broad SMARTS) is 1. The molecular weight excluding hydrogens is 364 g/mol. The Morgan fingerprint density at radius 2 is 1.71 bits per heavy atom.